The van der Waals surface area contributed by atoms with Gasteiger partial charge in [-0.2, -0.15) is 5.10 Å². The van der Waals surface area contributed by atoms with E-state index in [9.17, 15) is 4.79 Å². The summed E-state index contributed by atoms with van der Waals surface area (Å²) in [6.45, 7) is 6.13. The van der Waals surface area contributed by atoms with Gasteiger partial charge < -0.3 is 4.74 Å². The van der Waals surface area contributed by atoms with Gasteiger partial charge in [-0.05, 0) is 35.6 Å². The highest BCUT2D eigenvalue weighted by Gasteiger charge is 2.09. The first kappa shape index (κ1) is 17.7. The molecule has 24 heavy (non-hydrogen) atoms. The molecule has 0 aromatic heterocycles. The first-order valence-electron chi connectivity index (χ1n) is 8.23. The number of rotatable bonds is 7. The highest BCUT2D eigenvalue weighted by molar-refractivity contribution is 6.02. The zero-order valence-corrected chi connectivity index (χ0v) is 14.5. The number of hydrazone groups is 1. The van der Waals surface area contributed by atoms with E-state index in [1.165, 1.54) is 5.56 Å². The third kappa shape index (κ3) is 5.23. The summed E-state index contributed by atoms with van der Waals surface area (Å²) in [7, 11) is 0. The molecule has 0 heterocycles. The largest absolute Gasteiger partial charge is 0.484 e. The number of aryl methyl sites for hydroxylation is 1. The number of carbonyl (C=O) groups excluding carboxylic acids is 1. The quantitative estimate of drug-likeness (QED) is 0.622. The number of ether oxygens (including phenoxy) is 1. The Morgan fingerprint density at radius 2 is 1.75 bits per heavy atom. The van der Waals surface area contributed by atoms with Gasteiger partial charge in [0.1, 0.15) is 5.75 Å². The fourth-order valence-corrected chi connectivity index (χ4v) is 2.26. The summed E-state index contributed by atoms with van der Waals surface area (Å²) in [5.41, 5.74) is 5.66. The van der Waals surface area contributed by atoms with E-state index >= 15 is 0 Å². The summed E-state index contributed by atoms with van der Waals surface area (Å²) < 4.78 is 5.48. The lowest BCUT2D eigenvalue weighted by Crippen LogP contribution is -2.27. The van der Waals surface area contributed by atoms with Gasteiger partial charge in [-0.25, -0.2) is 5.43 Å². The molecular formula is C20H24N2O2. The van der Waals surface area contributed by atoms with Crippen LogP contribution in [0, 0.1) is 5.92 Å². The second kappa shape index (κ2) is 8.87. The van der Waals surface area contributed by atoms with Crippen molar-refractivity contribution in [1.29, 1.82) is 0 Å². The van der Waals surface area contributed by atoms with Crippen LogP contribution in [0.25, 0.3) is 0 Å². The topological polar surface area (TPSA) is 50.7 Å². The van der Waals surface area contributed by atoms with Gasteiger partial charge in [0, 0.05) is 0 Å². The number of amides is 1. The molecule has 1 amide bonds. The molecule has 2 aromatic rings. The zero-order chi connectivity index (χ0) is 17.4. The molecule has 0 bridgehead atoms. The first-order chi connectivity index (χ1) is 11.6. The maximum atomic E-state index is 12.0. The molecule has 0 aliphatic heterocycles. The van der Waals surface area contributed by atoms with Crippen molar-refractivity contribution in [2.75, 3.05) is 6.61 Å². The van der Waals surface area contributed by atoms with Crippen LogP contribution in [-0.2, 0) is 11.2 Å². The van der Waals surface area contributed by atoms with Crippen molar-refractivity contribution in [3.8, 4) is 5.75 Å². The molecule has 126 valence electrons. The lowest BCUT2D eigenvalue weighted by atomic mass is 10.0. The van der Waals surface area contributed by atoms with Gasteiger partial charge in [-0.3, -0.25) is 4.79 Å². The van der Waals surface area contributed by atoms with E-state index in [1.807, 2.05) is 68.4 Å². The molecule has 2 rings (SSSR count). The lowest BCUT2D eigenvalue weighted by Gasteiger charge is -2.11. The minimum Gasteiger partial charge on any atom is -0.484 e. The molecule has 0 radical (unpaired) electrons. The van der Waals surface area contributed by atoms with E-state index < -0.39 is 0 Å². The van der Waals surface area contributed by atoms with Gasteiger partial charge in [-0.1, -0.05) is 63.2 Å². The van der Waals surface area contributed by atoms with Crippen molar-refractivity contribution < 1.29 is 9.53 Å². The molecule has 0 unspecified atom stereocenters. The molecule has 2 aromatic carbocycles. The summed E-state index contributed by atoms with van der Waals surface area (Å²) in [6, 6.07) is 17.6. The number of benzene rings is 2. The van der Waals surface area contributed by atoms with Gasteiger partial charge in [-0.15, -0.1) is 0 Å². The maximum Gasteiger partial charge on any atom is 0.277 e. The van der Waals surface area contributed by atoms with Crippen LogP contribution in [0.15, 0.2) is 59.7 Å². The van der Waals surface area contributed by atoms with Crippen LogP contribution < -0.4 is 10.2 Å². The number of carbonyl (C=O) groups is 1. The van der Waals surface area contributed by atoms with E-state index in [-0.39, 0.29) is 18.4 Å². The smallest absolute Gasteiger partial charge is 0.277 e. The molecule has 0 spiro atoms. The minimum atomic E-state index is -0.274. The average molecular weight is 324 g/mol. The fraction of sp³-hybridized carbons (Fsp3) is 0.300. The van der Waals surface area contributed by atoms with Gasteiger partial charge in [0.05, 0.1) is 5.71 Å². The second-order valence-electron chi connectivity index (χ2n) is 5.84. The van der Waals surface area contributed by atoms with Crippen molar-refractivity contribution in [3.05, 3.63) is 65.7 Å². The summed E-state index contributed by atoms with van der Waals surface area (Å²) in [5.74, 6) is 0.609. The monoisotopic (exact) mass is 324 g/mol. The van der Waals surface area contributed by atoms with Crippen molar-refractivity contribution >= 4 is 11.6 Å². The Morgan fingerprint density at radius 3 is 2.33 bits per heavy atom. The van der Waals surface area contributed by atoms with Crippen molar-refractivity contribution in [1.82, 2.24) is 5.43 Å². The number of hydrogen-bond donors (Lipinski definition) is 1. The predicted molar refractivity (Wildman–Crippen MR) is 97.3 cm³/mol. The molecular weight excluding hydrogens is 300 g/mol. The van der Waals surface area contributed by atoms with Gasteiger partial charge in [0.2, 0.25) is 0 Å². The van der Waals surface area contributed by atoms with E-state index in [0.29, 0.717) is 5.75 Å². The van der Waals surface area contributed by atoms with Crippen LogP contribution in [0.1, 0.15) is 31.9 Å². The van der Waals surface area contributed by atoms with E-state index in [1.54, 1.807) is 0 Å². The maximum absolute atomic E-state index is 12.0. The lowest BCUT2D eigenvalue weighted by molar-refractivity contribution is -0.123. The van der Waals surface area contributed by atoms with E-state index in [2.05, 4.69) is 17.5 Å². The average Bonchev–Trinajstić information content (AvgIpc) is 2.61. The molecule has 0 fully saturated rings. The Labute approximate surface area is 143 Å². The van der Waals surface area contributed by atoms with Gasteiger partial charge >= 0.3 is 0 Å². The first-order valence-corrected chi connectivity index (χ1v) is 8.23. The Hall–Kier alpha value is -2.62. The molecule has 0 aliphatic rings. The third-order valence-corrected chi connectivity index (χ3v) is 3.62. The Kier molecular flexibility index (Phi) is 6.55. The Morgan fingerprint density at radius 1 is 1.08 bits per heavy atom. The predicted octanol–water partition coefficient (Wildman–Crippen LogP) is 3.80. The third-order valence-electron chi connectivity index (χ3n) is 3.62. The van der Waals surface area contributed by atoms with E-state index in [4.69, 9.17) is 4.74 Å². The Balaban J connectivity index is 1.92. The molecule has 1 N–H and O–H groups in total. The van der Waals surface area contributed by atoms with Gasteiger partial charge in [0.15, 0.2) is 6.61 Å². The summed E-state index contributed by atoms with van der Waals surface area (Å²) >= 11 is 0. The fourth-order valence-electron chi connectivity index (χ4n) is 2.26. The molecule has 4 nitrogen and oxygen atoms in total. The number of hydrogen-bond acceptors (Lipinski definition) is 3. The molecule has 0 saturated carbocycles. The Bertz CT molecular complexity index is 677. The molecule has 0 aliphatic carbocycles. The highest BCUT2D eigenvalue weighted by Crippen LogP contribution is 2.12. The zero-order valence-electron chi connectivity index (χ0n) is 14.5. The van der Waals surface area contributed by atoms with Crippen molar-refractivity contribution in [2.45, 2.75) is 27.2 Å². The number of nitrogens with one attached hydrogen (secondary N) is 1. The normalized spacial score (nSPS) is 11.4. The van der Waals surface area contributed by atoms with Crippen LogP contribution in [0.4, 0.5) is 0 Å². The molecule has 0 atom stereocenters. The van der Waals surface area contributed by atoms with Crippen LogP contribution in [-0.4, -0.2) is 18.2 Å². The standard InChI is InChI=1S/C20H24N2O2/c1-4-16-10-12-18(13-11-16)24-14-19(23)21-22-20(15(2)3)17-8-6-5-7-9-17/h5-13,15H,4,14H2,1-3H3,(H,21,23). The number of nitrogens with zero attached hydrogens (tertiary/aromatic N) is 1. The van der Waals surface area contributed by atoms with Crippen LogP contribution in [0.2, 0.25) is 0 Å². The molecule has 0 saturated heterocycles. The summed E-state index contributed by atoms with van der Waals surface area (Å²) in [4.78, 5) is 12.0. The van der Waals surface area contributed by atoms with Crippen LogP contribution in [0.5, 0.6) is 5.75 Å². The van der Waals surface area contributed by atoms with E-state index in [0.717, 1.165) is 17.7 Å². The van der Waals surface area contributed by atoms with Crippen LogP contribution >= 0.6 is 0 Å². The van der Waals surface area contributed by atoms with Crippen molar-refractivity contribution in [3.63, 3.8) is 0 Å². The highest BCUT2D eigenvalue weighted by atomic mass is 16.5. The van der Waals surface area contributed by atoms with Crippen LogP contribution in [0.3, 0.4) is 0 Å². The van der Waals surface area contributed by atoms with Gasteiger partial charge in [0.25, 0.3) is 5.91 Å². The second-order valence-corrected chi connectivity index (χ2v) is 5.84. The van der Waals surface area contributed by atoms with Crippen molar-refractivity contribution in [2.24, 2.45) is 11.0 Å². The SMILES string of the molecule is CCc1ccc(OCC(=O)NN=C(c2ccccc2)C(C)C)cc1. The summed E-state index contributed by atoms with van der Waals surface area (Å²) in [5, 5.41) is 4.27. The molecule has 4 heteroatoms. The summed E-state index contributed by atoms with van der Waals surface area (Å²) in [6.07, 6.45) is 0.979. The minimum absolute atomic E-state index is 0.0604.